The number of allylic oxidation sites excluding steroid dienone is 1. The van der Waals surface area contributed by atoms with Crippen LogP contribution in [0.2, 0.25) is 0 Å². The molecule has 1 saturated heterocycles. The fourth-order valence-electron chi connectivity index (χ4n) is 4.10. The number of carbonyl (C=O) groups excluding carboxylic acids is 2. The summed E-state index contributed by atoms with van der Waals surface area (Å²) in [6.07, 6.45) is 5.63. The lowest BCUT2D eigenvalue weighted by Gasteiger charge is -2.36. The van der Waals surface area contributed by atoms with Gasteiger partial charge >= 0.3 is 5.97 Å². The molecular weight excluding hydrogens is 446 g/mol. The number of Topliss-reactive ketones (excluding diaryl/α,β-unsaturated/α-hetero) is 2. The number of hydrogen-bond acceptors (Lipinski definition) is 8. The Morgan fingerprint density at radius 3 is 2.48 bits per heavy atom. The van der Waals surface area contributed by atoms with Gasteiger partial charge in [0.05, 0.1) is 5.57 Å². The van der Waals surface area contributed by atoms with Crippen molar-refractivity contribution in [3.8, 4) is 0 Å². The molecule has 1 fully saturated rings. The molecule has 2 aliphatic rings. The number of fused-ring (bicyclic) bond motifs is 1. The fourth-order valence-corrected chi connectivity index (χ4v) is 4.10. The SMILES string of the molecule is CNc1cccc2c1CC(=O)C(C(=O)Cc1cnc(N3CCC(N)(C(=O)O)CC3)nc1)=C2.Cl. The van der Waals surface area contributed by atoms with Gasteiger partial charge in [-0.15, -0.1) is 12.4 Å². The zero-order chi connectivity index (χ0) is 22.9. The van der Waals surface area contributed by atoms with Crippen LogP contribution < -0.4 is 16.0 Å². The average Bonchev–Trinajstić information content (AvgIpc) is 2.79. The van der Waals surface area contributed by atoms with E-state index < -0.39 is 11.5 Å². The summed E-state index contributed by atoms with van der Waals surface area (Å²) in [6, 6.07) is 5.69. The Hall–Kier alpha value is -3.30. The van der Waals surface area contributed by atoms with Crippen molar-refractivity contribution < 1.29 is 19.5 Å². The first-order valence-electron chi connectivity index (χ1n) is 10.5. The Bertz CT molecular complexity index is 1110. The number of anilines is 2. The lowest BCUT2D eigenvalue weighted by atomic mass is 9.87. The summed E-state index contributed by atoms with van der Waals surface area (Å²) >= 11 is 0. The molecule has 10 heteroatoms. The second-order valence-corrected chi connectivity index (χ2v) is 8.22. The number of piperidine rings is 1. The third-order valence-corrected chi connectivity index (χ3v) is 6.14. The minimum atomic E-state index is -1.21. The number of nitrogens with two attached hydrogens (primary N) is 1. The van der Waals surface area contributed by atoms with E-state index in [1.165, 1.54) is 0 Å². The molecule has 0 bridgehead atoms. The number of hydrogen-bond donors (Lipinski definition) is 3. The number of aromatic nitrogens is 2. The molecular formula is C23H26ClN5O4. The molecule has 33 heavy (non-hydrogen) atoms. The predicted molar refractivity (Wildman–Crippen MR) is 127 cm³/mol. The van der Waals surface area contributed by atoms with Crippen LogP contribution >= 0.6 is 12.4 Å². The minimum absolute atomic E-state index is 0. The molecule has 1 aromatic heterocycles. The molecule has 0 radical (unpaired) electrons. The van der Waals surface area contributed by atoms with Crippen molar-refractivity contribution in [2.45, 2.75) is 31.2 Å². The number of ketones is 2. The molecule has 1 aliphatic carbocycles. The number of carboxylic acids is 1. The Morgan fingerprint density at radius 1 is 1.21 bits per heavy atom. The van der Waals surface area contributed by atoms with Crippen molar-refractivity contribution in [2.24, 2.45) is 5.73 Å². The topological polar surface area (TPSA) is 139 Å². The van der Waals surface area contributed by atoms with Crippen molar-refractivity contribution >= 4 is 47.7 Å². The van der Waals surface area contributed by atoms with Crippen molar-refractivity contribution in [1.29, 1.82) is 0 Å². The largest absolute Gasteiger partial charge is 0.480 e. The van der Waals surface area contributed by atoms with Crippen molar-refractivity contribution in [1.82, 2.24) is 9.97 Å². The maximum absolute atomic E-state index is 12.8. The normalized spacial score (nSPS) is 16.8. The molecule has 0 spiro atoms. The summed E-state index contributed by atoms with van der Waals surface area (Å²) in [6.45, 7) is 0.882. The van der Waals surface area contributed by atoms with Crippen molar-refractivity contribution in [3.05, 3.63) is 52.9 Å². The number of aliphatic carboxylic acids is 1. The highest BCUT2D eigenvalue weighted by Crippen LogP contribution is 2.29. The standard InChI is InChI=1S/C23H25N5O4.ClH/c1-25-18-4-2-3-15-10-17(20(30)11-16(15)18)19(29)9-14-12-26-22(27-13-14)28-7-5-23(24,6-8-28)21(31)32;/h2-4,10,12-13,25H,5-9,11,24H2,1H3,(H,31,32);1H. The molecule has 0 amide bonds. The van der Waals surface area contributed by atoms with E-state index in [0.29, 0.717) is 37.4 Å². The maximum atomic E-state index is 12.8. The van der Waals surface area contributed by atoms with E-state index in [-0.39, 0.29) is 42.4 Å². The Morgan fingerprint density at radius 2 is 1.88 bits per heavy atom. The first kappa shape index (κ1) is 24.3. The van der Waals surface area contributed by atoms with Crippen LogP contribution in [-0.4, -0.2) is 58.3 Å². The van der Waals surface area contributed by atoms with Gasteiger partial charge in [-0.1, -0.05) is 12.1 Å². The van der Waals surface area contributed by atoms with Crippen LogP contribution in [0.3, 0.4) is 0 Å². The molecule has 174 valence electrons. The number of carbonyl (C=O) groups is 3. The van der Waals surface area contributed by atoms with Gasteiger partial charge in [0.25, 0.3) is 0 Å². The van der Waals surface area contributed by atoms with E-state index in [9.17, 15) is 19.5 Å². The number of nitrogens with zero attached hydrogens (tertiary/aromatic N) is 3. The first-order valence-corrected chi connectivity index (χ1v) is 10.5. The molecule has 0 saturated carbocycles. The van der Waals surface area contributed by atoms with E-state index in [2.05, 4.69) is 15.3 Å². The number of rotatable bonds is 6. The van der Waals surface area contributed by atoms with Crippen LogP contribution in [-0.2, 0) is 27.2 Å². The van der Waals surface area contributed by atoms with Gasteiger partial charge in [-0.3, -0.25) is 14.4 Å². The van der Waals surface area contributed by atoms with Crippen LogP contribution in [0.4, 0.5) is 11.6 Å². The van der Waals surface area contributed by atoms with Gasteiger partial charge in [-0.2, -0.15) is 0 Å². The van der Waals surface area contributed by atoms with Crippen LogP contribution in [0.1, 0.15) is 29.5 Å². The van der Waals surface area contributed by atoms with Gasteiger partial charge in [-0.05, 0) is 41.7 Å². The zero-order valence-corrected chi connectivity index (χ0v) is 19.0. The van der Waals surface area contributed by atoms with Gasteiger partial charge in [0.15, 0.2) is 11.6 Å². The van der Waals surface area contributed by atoms with E-state index in [1.807, 2.05) is 23.1 Å². The first-order chi connectivity index (χ1) is 15.3. The van der Waals surface area contributed by atoms with Crippen molar-refractivity contribution in [2.75, 3.05) is 30.4 Å². The Labute approximate surface area is 197 Å². The highest BCUT2D eigenvalue weighted by molar-refractivity contribution is 6.25. The second-order valence-electron chi connectivity index (χ2n) is 8.22. The second kappa shape index (κ2) is 9.68. The number of nitrogens with one attached hydrogen (secondary N) is 1. The highest BCUT2D eigenvalue weighted by atomic mass is 35.5. The van der Waals surface area contributed by atoms with Crippen molar-refractivity contribution in [3.63, 3.8) is 0 Å². The Balaban J connectivity index is 0.00000306. The van der Waals surface area contributed by atoms with Gasteiger partial charge in [0.1, 0.15) is 5.54 Å². The van der Waals surface area contributed by atoms with Gasteiger partial charge < -0.3 is 21.1 Å². The molecule has 0 unspecified atom stereocenters. The van der Waals surface area contributed by atoms with Gasteiger partial charge in [-0.25, -0.2) is 9.97 Å². The molecule has 1 aromatic carbocycles. The third-order valence-electron chi connectivity index (χ3n) is 6.14. The maximum Gasteiger partial charge on any atom is 0.323 e. The monoisotopic (exact) mass is 471 g/mol. The third kappa shape index (κ3) is 4.89. The summed E-state index contributed by atoms with van der Waals surface area (Å²) in [7, 11) is 1.80. The lowest BCUT2D eigenvalue weighted by Crippen LogP contribution is -2.55. The van der Waals surface area contributed by atoms with Gasteiger partial charge in [0, 0.05) is 51.1 Å². The van der Waals surface area contributed by atoms with E-state index in [0.717, 1.165) is 16.8 Å². The molecule has 2 aromatic rings. The van der Waals surface area contributed by atoms with Gasteiger partial charge in [0.2, 0.25) is 5.95 Å². The number of carboxylic acid groups (broad SMARTS) is 1. The smallest absolute Gasteiger partial charge is 0.323 e. The summed E-state index contributed by atoms with van der Waals surface area (Å²) in [5, 5.41) is 12.3. The molecule has 0 atom stereocenters. The Kier molecular flexibility index (Phi) is 7.14. The minimum Gasteiger partial charge on any atom is -0.480 e. The molecule has 1 aliphatic heterocycles. The summed E-state index contributed by atoms with van der Waals surface area (Å²) in [5.74, 6) is -0.989. The number of benzene rings is 1. The quantitative estimate of drug-likeness (QED) is 0.536. The lowest BCUT2D eigenvalue weighted by molar-refractivity contribution is -0.144. The van der Waals surface area contributed by atoms with E-state index >= 15 is 0 Å². The van der Waals surface area contributed by atoms with E-state index in [1.54, 1.807) is 25.5 Å². The van der Waals surface area contributed by atoms with Crippen LogP contribution in [0.25, 0.3) is 6.08 Å². The predicted octanol–water partition coefficient (Wildman–Crippen LogP) is 1.64. The van der Waals surface area contributed by atoms with Crippen LogP contribution in [0.15, 0.2) is 36.2 Å². The number of halogens is 1. The molecule has 2 heterocycles. The summed E-state index contributed by atoms with van der Waals surface area (Å²) in [4.78, 5) is 47.3. The molecule has 4 rings (SSSR count). The average molecular weight is 472 g/mol. The fraction of sp³-hybridized carbons (Fsp3) is 0.348. The molecule has 4 N–H and O–H groups in total. The molecule has 9 nitrogen and oxygen atoms in total. The van der Waals surface area contributed by atoms with E-state index in [4.69, 9.17) is 5.73 Å². The van der Waals surface area contributed by atoms with Crippen LogP contribution in [0.5, 0.6) is 0 Å². The van der Waals surface area contributed by atoms with Crippen LogP contribution in [0, 0.1) is 0 Å². The summed E-state index contributed by atoms with van der Waals surface area (Å²) < 4.78 is 0. The highest BCUT2D eigenvalue weighted by Gasteiger charge is 2.38. The summed E-state index contributed by atoms with van der Waals surface area (Å²) in [5.41, 5.74) is 8.15. The zero-order valence-electron chi connectivity index (χ0n) is 18.2.